The van der Waals surface area contributed by atoms with E-state index in [2.05, 4.69) is 37.6 Å². The first-order valence-corrected chi connectivity index (χ1v) is 15.5. The topological polar surface area (TPSA) is 102 Å². The Morgan fingerprint density at radius 3 is 2.71 bits per heavy atom. The van der Waals surface area contributed by atoms with Gasteiger partial charge in [-0.3, -0.25) is 4.79 Å². The first kappa shape index (κ1) is 30.5. The quantitative estimate of drug-likeness (QED) is 0.202. The number of methoxy groups -OCH3 is 1. The Balaban J connectivity index is 0.000000189. The number of anilines is 2. The third kappa shape index (κ3) is 8.54. The molecule has 4 aromatic rings. The molecule has 0 saturated carbocycles. The van der Waals surface area contributed by atoms with Crippen LogP contribution in [0.4, 0.5) is 10.9 Å². The third-order valence-corrected chi connectivity index (χ3v) is 8.63. The molecule has 1 N–H and O–H groups in total. The molecule has 11 heteroatoms. The van der Waals surface area contributed by atoms with Crippen LogP contribution < -0.4 is 10.1 Å². The van der Waals surface area contributed by atoms with E-state index in [1.807, 2.05) is 56.1 Å². The summed E-state index contributed by atoms with van der Waals surface area (Å²) in [5.74, 6) is 1.43. The fourth-order valence-corrected chi connectivity index (χ4v) is 6.38. The van der Waals surface area contributed by atoms with Gasteiger partial charge in [-0.15, -0.1) is 22.7 Å². The summed E-state index contributed by atoms with van der Waals surface area (Å²) in [5, 5.41) is 7.20. The van der Waals surface area contributed by atoms with Gasteiger partial charge in [0, 0.05) is 35.9 Å². The second kappa shape index (κ2) is 15.0. The zero-order valence-electron chi connectivity index (χ0n) is 24.3. The fraction of sp³-hybridized carbons (Fsp3) is 0.433. The summed E-state index contributed by atoms with van der Waals surface area (Å²) in [6.07, 6.45) is 8.64. The van der Waals surface area contributed by atoms with Gasteiger partial charge in [-0.1, -0.05) is 19.4 Å². The SMILES string of the molecule is CCC[C@H]1C[C@@H](OCc2cccnc2OC)CCN1C=O.Cc1ccc(Nc2nc(-c3sc(C)nc3C)cs2)nc1. The number of amides is 1. The standard InChI is InChI=1S/C16H24N2O3.C14H14N4S2/c1-3-5-14-10-15(7-9-18(14)12-19)21-11-13-6-4-8-17-16(13)20-2;1-8-4-5-12(15-6-8)18-14-17-11(7-19-14)13-9(2)16-10(3)20-13/h4,6,8,12,14-15H,3,5,7,9-11H2,1-2H3;4-7H,1-3H3,(H,15,17,18)/t14-,15-;/m0./s1. The van der Waals surface area contributed by atoms with Crippen molar-refractivity contribution in [1.29, 1.82) is 0 Å². The molecule has 0 aromatic carbocycles. The highest BCUT2D eigenvalue weighted by Crippen LogP contribution is 2.32. The van der Waals surface area contributed by atoms with Crippen molar-refractivity contribution in [3.05, 3.63) is 63.9 Å². The van der Waals surface area contributed by atoms with Gasteiger partial charge in [-0.2, -0.15) is 0 Å². The maximum Gasteiger partial charge on any atom is 0.218 e. The summed E-state index contributed by atoms with van der Waals surface area (Å²) < 4.78 is 11.3. The van der Waals surface area contributed by atoms with Crippen LogP contribution in [-0.2, 0) is 16.1 Å². The largest absolute Gasteiger partial charge is 0.481 e. The van der Waals surface area contributed by atoms with Crippen LogP contribution >= 0.6 is 22.7 Å². The molecular weight excluding hydrogens is 557 g/mol. The van der Waals surface area contributed by atoms with Crippen molar-refractivity contribution in [2.45, 2.75) is 72.1 Å². The maximum absolute atomic E-state index is 11.1. The molecule has 1 fully saturated rings. The van der Waals surface area contributed by atoms with Gasteiger partial charge >= 0.3 is 0 Å². The number of piperidine rings is 1. The van der Waals surface area contributed by atoms with Crippen LogP contribution in [-0.4, -0.2) is 57.0 Å². The molecule has 0 spiro atoms. The van der Waals surface area contributed by atoms with Crippen LogP contribution in [0.15, 0.2) is 42.0 Å². The molecule has 0 aliphatic carbocycles. The van der Waals surface area contributed by atoms with Crippen LogP contribution in [0.2, 0.25) is 0 Å². The van der Waals surface area contributed by atoms with Crippen LogP contribution in [0.3, 0.4) is 0 Å². The Hall–Kier alpha value is -3.41. The van der Waals surface area contributed by atoms with Gasteiger partial charge in [-0.25, -0.2) is 19.9 Å². The predicted molar refractivity (Wildman–Crippen MR) is 165 cm³/mol. The molecule has 9 nitrogen and oxygen atoms in total. The molecule has 1 aliphatic heterocycles. The third-order valence-electron chi connectivity index (χ3n) is 6.78. The van der Waals surface area contributed by atoms with Gasteiger partial charge in [0.1, 0.15) is 5.82 Å². The Morgan fingerprint density at radius 1 is 1.17 bits per heavy atom. The number of aryl methyl sites for hydroxylation is 3. The molecule has 5 heterocycles. The Morgan fingerprint density at radius 2 is 2.02 bits per heavy atom. The van der Waals surface area contributed by atoms with Crippen LogP contribution in [0.1, 0.15) is 54.4 Å². The number of rotatable bonds is 10. The number of aromatic nitrogens is 4. The molecule has 5 rings (SSSR count). The van der Waals surface area contributed by atoms with E-state index in [-0.39, 0.29) is 6.10 Å². The van der Waals surface area contributed by atoms with E-state index in [0.717, 1.165) is 82.0 Å². The number of thiazole rings is 2. The van der Waals surface area contributed by atoms with Gasteiger partial charge < -0.3 is 19.7 Å². The van der Waals surface area contributed by atoms with Gasteiger partial charge in [0.15, 0.2) is 5.13 Å². The molecule has 1 amide bonds. The highest BCUT2D eigenvalue weighted by atomic mass is 32.1. The van der Waals surface area contributed by atoms with Crippen molar-refractivity contribution in [3.63, 3.8) is 0 Å². The molecular formula is C30H38N6O3S2. The molecule has 41 heavy (non-hydrogen) atoms. The lowest BCUT2D eigenvalue weighted by molar-refractivity contribution is -0.124. The molecule has 0 bridgehead atoms. The number of carbonyl (C=O) groups is 1. The maximum atomic E-state index is 11.1. The number of pyridine rings is 2. The van der Waals surface area contributed by atoms with E-state index in [4.69, 9.17) is 9.47 Å². The minimum Gasteiger partial charge on any atom is -0.481 e. The van der Waals surface area contributed by atoms with E-state index in [0.29, 0.717) is 18.5 Å². The van der Waals surface area contributed by atoms with Crippen molar-refractivity contribution < 1.29 is 14.3 Å². The normalized spacial score (nSPS) is 16.6. The van der Waals surface area contributed by atoms with E-state index in [1.54, 1.807) is 36.0 Å². The smallest absolute Gasteiger partial charge is 0.218 e. The molecule has 1 aliphatic rings. The van der Waals surface area contributed by atoms with Crippen molar-refractivity contribution in [2.24, 2.45) is 0 Å². The lowest BCUT2D eigenvalue weighted by Gasteiger charge is -2.37. The summed E-state index contributed by atoms with van der Waals surface area (Å²) in [6, 6.07) is 8.15. The Labute approximate surface area is 250 Å². The van der Waals surface area contributed by atoms with Gasteiger partial charge in [-0.05, 0) is 63.8 Å². The Kier molecular flexibility index (Phi) is 11.2. The monoisotopic (exact) mass is 594 g/mol. The summed E-state index contributed by atoms with van der Waals surface area (Å²) in [4.78, 5) is 31.7. The average Bonchev–Trinajstić information content (AvgIpc) is 3.58. The van der Waals surface area contributed by atoms with Crippen LogP contribution in [0.5, 0.6) is 5.88 Å². The van der Waals surface area contributed by atoms with Crippen LogP contribution in [0.25, 0.3) is 10.6 Å². The number of hydrogen-bond acceptors (Lipinski definition) is 10. The highest BCUT2D eigenvalue weighted by Gasteiger charge is 2.27. The highest BCUT2D eigenvalue weighted by molar-refractivity contribution is 7.16. The lowest BCUT2D eigenvalue weighted by Crippen LogP contribution is -2.44. The van der Waals surface area contributed by atoms with Gasteiger partial charge in [0.25, 0.3) is 0 Å². The van der Waals surface area contributed by atoms with E-state index < -0.39 is 0 Å². The first-order valence-electron chi connectivity index (χ1n) is 13.8. The average molecular weight is 595 g/mol. The minimum atomic E-state index is 0.197. The lowest BCUT2D eigenvalue weighted by atomic mass is 9.96. The summed E-state index contributed by atoms with van der Waals surface area (Å²) in [6.45, 7) is 9.49. The molecule has 0 unspecified atom stereocenters. The van der Waals surface area contributed by atoms with Gasteiger partial charge in [0.05, 0.1) is 41.1 Å². The molecule has 218 valence electrons. The number of nitrogens with zero attached hydrogens (tertiary/aromatic N) is 5. The molecule has 4 aromatic heterocycles. The van der Waals surface area contributed by atoms with Gasteiger partial charge in [0.2, 0.25) is 12.3 Å². The number of carbonyl (C=O) groups excluding carboxylic acids is 1. The van der Waals surface area contributed by atoms with E-state index in [1.165, 1.54) is 0 Å². The van der Waals surface area contributed by atoms with E-state index in [9.17, 15) is 4.79 Å². The zero-order valence-corrected chi connectivity index (χ0v) is 25.9. The number of nitrogens with one attached hydrogen (secondary N) is 1. The Bertz CT molecular complexity index is 1390. The number of hydrogen-bond donors (Lipinski definition) is 1. The summed E-state index contributed by atoms with van der Waals surface area (Å²) in [5.41, 5.74) is 4.13. The van der Waals surface area contributed by atoms with Crippen molar-refractivity contribution in [3.8, 4) is 16.5 Å². The molecule has 0 radical (unpaired) electrons. The second-order valence-corrected chi connectivity index (χ2v) is 12.0. The van der Waals surface area contributed by atoms with Crippen molar-refractivity contribution in [1.82, 2.24) is 24.8 Å². The predicted octanol–water partition coefficient (Wildman–Crippen LogP) is 6.73. The van der Waals surface area contributed by atoms with Crippen molar-refractivity contribution in [2.75, 3.05) is 19.0 Å². The van der Waals surface area contributed by atoms with Crippen molar-refractivity contribution >= 4 is 40.0 Å². The number of ether oxygens (including phenoxy) is 2. The number of likely N-dealkylation sites (tertiary alicyclic amines) is 1. The molecule has 1 saturated heterocycles. The summed E-state index contributed by atoms with van der Waals surface area (Å²) >= 11 is 3.26. The first-order chi connectivity index (χ1) is 19.9. The molecule has 2 atom stereocenters. The zero-order chi connectivity index (χ0) is 29.2. The van der Waals surface area contributed by atoms with E-state index >= 15 is 0 Å². The van der Waals surface area contributed by atoms with Crippen LogP contribution in [0, 0.1) is 20.8 Å². The second-order valence-electron chi connectivity index (χ2n) is 9.95. The summed E-state index contributed by atoms with van der Waals surface area (Å²) in [7, 11) is 1.62. The minimum absolute atomic E-state index is 0.197. The fourth-order valence-electron chi connectivity index (χ4n) is 4.72.